The van der Waals surface area contributed by atoms with Crippen LogP contribution in [0.2, 0.25) is 0 Å². The molecule has 0 amide bonds. The van der Waals surface area contributed by atoms with Gasteiger partial charge in [-0.15, -0.1) is 0 Å². The molecule has 0 aliphatic carbocycles. The van der Waals surface area contributed by atoms with E-state index in [1.807, 2.05) is 0 Å². The van der Waals surface area contributed by atoms with Crippen LogP contribution in [0.25, 0.3) is 0 Å². The summed E-state index contributed by atoms with van der Waals surface area (Å²) in [5.41, 5.74) is 0. The van der Waals surface area contributed by atoms with E-state index in [2.05, 4.69) is 49.9 Å². The molecule has 1 radical (unpaired) electrons. The van der Waals surface area contributed by atoms with Gasteiger partial charge in [0.15, 0.2) is 0 Å². The van der Waals surface area contributed by atoms with E-state index < -0.39 is 0 Å². The van der Waals surface area contributed by atoms with Crippen LogP contribution in [-0.2, 0) is 34.4 Å². The molecule has 3 aromatic heterocycles. The molecule has 0 atom stereocenters. The number of nitrogens with zero attached hydrogens (tertiary/aromatic N) is 3. The van der Waals surface area contributed by atoms with E-state index in [4.69, 9.17) is 14.0 Å². The summed E-state index contributed by atoms with van der Waals surface area (Å²) in [6.07, 6.45) is 15.2. The van der Waals surface area contributed by atoms with E-state index in [0.717, 1.165) is 0 Å². The molecule has 0 saturated heterocycles. The van der Waals surface area contributed by atoms with Crippen molar-refractivity contribution in [2.45, 2.75) is 0 Å². The Kier molecular flexibility index (Phi) is 45.8. The van der Waals surface area contributed by atoms with Crippen molar-refractivity contribution in [1.29, 1.82) is 0 Å². The molecule has 0 saturated carbocycles. The number of aromatic nitrogens is 6. The molecular weight excluding hydrogens is 462 g/mol. The first-order valence-corrected chi connectivity index (χ1v) is 4.89. The maximum absolute atomic E-state index is 7.50. The van der Waals surface area contributed by atoms with Gasteiger partial charge in [0.2, 0.25) is 0 Å². The van der Waals surface area contributed by atoms with Crippen LogP contribution >= 0.6 is 0 Å². The van der Waals surface area contributed by atoms with E-state index in [9.17, 15) is 0 Å². The van der Waals surface area contributed by atoms with Gasteiger partial charge < -0.3 is 15.0 Å². The number of aromatic amines is 3. The summed E-state index contributed by atoms with van der Waals surface area (Å²) in [7, 11) is 0. The molecule has 3 heterocycles. The predicted octanol–water partition coefficient (Wildman–Crippen LogP) is 1.11. The van der Waals surface area contributed by atoms with Crippen molar-refractivity contribution in [2.75, 3.05) is 0 Å². The number of hydrogen-bond acceptors (Lipinski definition) is 3. The van der Waals surface area contributed by atoms with E-state index in [1.165, 1.54) is 0 Å². The number of imidazole rings is 3. The second-order valence-electron chi connectivity index (χ2n) is 2.28. The summed E-state index contributed by atoms with van der Waals surface area (Å²) in [5.74, 6) is 0. The van der Waals surface area contributed by atoms with Gasteiger partial charge in [0.1, 0.15) is 0 Å². The van der Waals surface area contributed by atoms with Crippen molar-refractivity contribution in [1.82, 2.24) is 29.9 Å². The fourth-order valence-electron chi connectivity index (χ4n) is 0.645. The molecule has 0 fully saturated rings. The summed E-state index contributed by atoms with van der Waals surface area (Å²) in [6, 6.07) is 0. The maximum Gasteiger partial charge on any atom is 0.0919 e. The minimum atomic E-state index is 0. The average molecular weight is 474 g/mol. The maximum atomic E-state index is 7.50. The quantitative estimate of drug-likeness (QED) is 0.331. The molecule has 0 spiro atoms. The van der Waals surface area contributed by atoms with Crippen LogP contribution in [0.15, 0.2) is 56.2 Å². The first kappa shape index (κ1) is 27.8. The average Bonchev–Trinajstić information content (AvgIpc) is 3.41. The fourth-order valence-corrected chi connectivity index (χ4v) is 0.645. The number of hydrogen-bond donors (Lipinski definition) is 3. The minimum Gasteiger partial charge on any atom is -0.351 e. The van der Waals surface area contributed by atoms with Gasteiger partial charge in [0, 0.05) is 57.6 Å². The van der Waals surface area contributed by atoms with Crippen molar-refractivity contribution in [3.05, 3.63) is 76.1 Å². The number of nitrogens with one attached hydrogen (secondary N) is 3. The molecular formula is C12H12N6O3Re. The van der Waals surface area contributed by atoms with Gasteiger partial charge in [0.05, 0.1) is 19.0 Å². The van der Waals surface area contributed by atoms with Crippen molar-refractivity contribution >= 4 is 0 Å². The molecule has 9 nitrogen and oxygen atoms in total. The Morgan fingerprint density at radius 2 is 0.773 bits per heavy atom. The van der Waals surface area contributed by atoms with Crippen LogP contribution < -0.4 is 0 Å². The van der Waals surface area contributed by atoms with Crippen LogP contribution in [0.5, 0.6) is 0 Å². The predicted molar refractivity (Wildman–Crippen MR) is 67.6 cm³/mol. The first-order chi connectivity index (χ1) is 10.5. The zero-order valence-corrected chi connectivity index (χ0v) is 13.9. The zero-order chi connectivity index (χ0) is 16.6. The largest absolute Gasteiger partial charge is 0.351 e. The van der Waals surface area contributed by atoms with Gasteiger partial charge in [-0.05, 0) is 0 Å². The second kappa shape index (κ2) is 36.3. The summed E-state index contributed by atoms with van der Waals surface area (Å²) in [6.45, 7) is 13.5. The third kappa shape index (κ3) is 30.5. The van der Waals surface area contributed by atoms with E-state index in [-0.39, 0.29) is 20.4 Å². The zero-order valence-electron chi connectivity index (χ0n) is 11.1. The molecule has 115 valence electrons. The van der Waals surface area contributed by atoms with Crippen molar-refractivity contribution in [2.24, 2.45) is 0 Å². The summed E-state index contributed by atoms with van der Waals surface area (Å²) < 4.78 is 22.5. The molecule has 3 aromatic rings. The molecule has 0 unspecified atom stereocenters. The Balaban J connectivity index is -0.0000000929. The molecule has 3 N–H and O–H groups in total. The van der Waals surface area contributed by atoms with E-state index >= 15 is 0 Å². The second-order valence-corrected chi connectivity index (χ2v) is 2.28. The smallest absolute Gasteiger partial charge is 0.0919 e. The third-order valence-corrected chi connectivity index (χ3v) is 1.22. The number of rotatable bonds is 0. The van der Waals surface area contributed by atoms with Gasteiger partial charge in [-0.2, -0.15) is 0 Å². The van der Waals surface area contributed by atoms with Gasteiger partial charge in [-0.25, -0.2) is 15.0 Å². The molecule has 0 aromatic carbocycles. The summed E-state index contributed by atoms with van der Waals surface area (Å²) in [5, 5.41) is 0. The Morgan fingerprint density at radius 1 is 0.545 bits per heavy atom. The Bertz CT molecular complexity index is 362. The van der Waals surface area contributed by atoms with E-state index in [1.54, 1.807) is 56.2 Å². The Morgan fingerprint density at radius 3 is 0.818 bits per heavy atom. The Labute approximate surface area is 140 Å². The molecule has 0 aliphatic heterocycles. The van der Waals surface area contributed by atoms with Crippen molar-refractivity contribution in [3.8, 4) is 0 Å². The van der Waals surface area contributed by atoms with Crippen LogP contribution in [0.1, 0.15) is 0 Å². The normalized spacial score (nSPS) is 5.73. The van der Waals surface area contributed by atoms with Crippen LogP contribution in [0.4, 0.5) is 0 Å². The van der Waals surface area contributed by atoms with Crippen LogP contribution in [-0.4, -0.2) is 29.9 Å². The van der Waals surface area contributed by atoms with Gasteiger partial charge in [0.25, 0.3) is 0 Å². The molecule has 0 bridgehead atoms. The van der Waals surface area contributed by atoms with Crippen molar-refractivity contribution in [3.63, 3.8) is 0 Å². The first-order valence-electron chi connectivity index (χ1n) is 4.89. The molecule has 0 aliphatic rings. The third-order valence-electron chi connectivity index (χ3n) is 1.22. The van der Waals surface area contributed by atoms with Crippen LogP contribution in [0.3, 0.4) is 0 Å². The standard InChI is InChI=1S/3C3H4N2.3CO.Re/c3*1-2-5-3-4-1;3*1-2;/h3*1-3H,(H,4,5);;;;. The molecule has 22 heavy (non-hydrogen) atoms. The topological polar surface area (TPSA) is 146 Å². The molecule has 3 rings (SSSR count). The van der Waals surface area contributed by atoms with Gasteiger partial charge in [-0.1, -0.05) is 0 Å². The van der Waals surface area contributed by atoms with Crippen molar-refractivity contribution < 1.29 is 34.4 Å². The van der Waals surface area contributed by atoms with E-state index in [0.29, 0.717) is 0 Å². The number of H-pyrrole nitrogens is 3. The Hall–Kier alpha value is -2.49. The summed E-state index contributed by atoms with van der Waals surface area (Å²) in [4.78, 5) is 19.2. The fraction of sp³-hybridized carbons (Fsp3) is 0. The minimum absolute atomic E-state index is 0. The monoisotopic (exact) mass is 475 g/mol. The SMILES string of the molecule is [C-]#[O+].[C-]#[O+].[C-]#[O+].[Re].c1c[nH]cn1.c1c[nH]cn1.c1c[nH]cn1. The summed E-state index contributed by atoms with van der Waals surface area (Å²) >= 11 is 0. The van der Waals surface area contributed by atoms with Crippen LogP contribution in [0, 0.1) is 20.0 Å². The molecule has 10 heteroatoms. The van der Waals surface area contributed by atoms with Gasteiger partial charge >= 0.3 is 33.9 Å². The van der Waals surface area contributed by atoms with Gasteiger partial charge in [-0.3, -0.25) is 0 Å².